The maximum atomic E-state index is 13.6. The second-order valence-electron chi connectivity index (χ2n) is 4.13. The van der Waals surface area contributed by atoms with Gasteiger partial charge in [-0.1, -0.05) is 18.2 Å². The van der Waals surface area contributed by atoms with E-state index in [4.69, 9.17) is 0 Å². The molecule has 1 nitrogen and oxygen atoms in total. The third kappa shape index (κ3) is 2.93. The van der Waals surface area contributed by atoms with Crippen LogP contribution in [0, 0.1) is 12.7 Å². The van der Waals surface area contributed by atoms with Crippen LogP contribution in [-0.4, -0.2) is 7.05 Å². The topological polar surface area (TPSA) is 12.0 Å². The average Bonchev–Trinajstić information content (AvgIpc) is 2.75. The molecule has 0 saturated carbocycles. The Labute approximate surface area is 105 Å². The van der Waals surface area contributed by atoms with Gasteiger partial charge in [-0.3, -0.25) is 0 Å². The van der Waals surface area contributed by atoms with Gasteiger partial charge in [0, 0.05) is 10.9 Å². The molecule has 1 aromatic heterocycles. The zero-order chi connectivity index (χ0) is 12.3. The van der Waals surface area contributed by atoms with Crippen molar-refractivity contribution in [2.24, 2.45) is 0 Å². The van der Waals surface area contributed by atoms with Gasteiger partial charge in [0.2, 0.25) is 0 Å². The van der Waals surface area contributed by atoms with Gasteiger partial charge in [-0.2, -0.15) is 0 Å². The van der Waals surface area contributed by atoms with Crippen LogP contribution < -0.4 is 5.32 Å². The quantitative estimate of drug-likeness (QED) is 0.871. The van der Waals surface area contributed by atoms with Gasteiger partial charge in [0.25, 0.3) is 0 Å². The van der Waals surface area contributed by atoms with Crippen LogP contribution in [0.2, 0.25) is 0 Å². The molecule has 0 aliphatic heterocycles. The molecule has 3 heteroatoms. The zero-order valence-electron chi connectivity index (χ0n) is 10.0. The molecule has 0 aliphatic rings. The van der Waals surface area contributed by atoms with E-state index in [0.717, 1.165) is 5.56 Å². The summed E-state index contributed by atoms with van der Waals surface area (Å²) < 4.78 is 13.6. The first kappa shape index (κ1) is 12.3. The largest absolute Gasteiger partial charge is 0.313 e. The maximum absolute atomic E-state index is 13.6. The standard InChI is InChI=1S/C14H16FNS/c1-10-7-12(9-17-10)14(16-2)8-11-5-3-4-6-13(11)15/h3-7,9,14,16H,8H2,1-2H3. The molecule has 1 heterocycles. The number of nitrogens with one attached hydrogen (secondary N) is 1. The van der Waals surface area contributed by atoms with Gasteiger partial charge in [-0.25, -0.2) is 4.39 Å². The van der Waals surface area contributed by atoms with Crippen molar-refractivity contribution >= 4 is 11.3 Å². The number of thiophene rings is 1. The number of halogens is 1. The van der Waals surface area contributed by atoms with Crippen molar-refractivity contribution in [2.75, 3.05) is 7.05 Å². The number of hydrogen-bond donors (Lipinski definition) is 1. The molecule has 90 valence electrons. The van der Waals surface area contributed by atoms with E-state index >= 15 is 0 Å². The lowest BCUT2D eigenvalue weighted by atomic mass is 10.0. The van der Waals surface area contributed by atoms with Crippen molar-refractivity contribution in [2.45, 2.75) is 19.4 Å². The Morgan fingerprint density at radius 2 is 2.12 bits per heavy atom. The SMILES string of the molecule is CNC(Cc1ccccc1F)c1csc(C)c1. The molecule has 0 fully saturated rings. The highest BCUT2D eigenvalue weighted by atomic mass is 32.1. The Balaban J connectivity index is 2.18. The molecule has 0 spiro atoms. The highest BCUT2D eigenvalue weighted by Crippen LogP contribution is 2.24. The van der Waals surface area contributed by atoms with Crippen LogP contribution in [0.25, 0.3) is 0 Å². The summed E-state index contributed by atoms with van der Waals surface area (Å²) in [6.45, 7) is 2.09. The molecular weight excluding hydrogens is 233 g/mol. The fraction of sp³-hybridized carbons (Fsp3) is 0.286. The molecule has 0 bridgehead atoms. The fourth-order valence-corrected chi connectivity index (χ4v) is 2.68. The third-order valence-electron chi connectivity index (χ3n) is 2.88. The molecule has 2 rings (SSSR count). The Morgan fingerprint density at radius 3 is 2.71 bits per heavy atom. The second-order valence-corrected chi connectivity index (χ2v) is 5.24. The van der Waals surface area contributed by atoms with Crippen molar-refractivity contribution in [3.8, 4) is 0 Å². The summed E-state index contributed by atoms with van der Waals surface area (Å²) >= 11 is 1.73. The minimum Gasteiger partial charge on any atom is -0.313 e. The Hall–Kier alpha value is -1.19. The Morgan fingerprint density at radius 1 is 1.35 bits per heavy atom. The summed E-state index contributed by atoms with van der Waals surface area (Å²) in [6, 6.07) is 9.30. The summed E-state index contributed by atoms with van der Waals surface area (Å²) in [6.07, 6.45) is 0.680. The molecule has 0 aliphatic carbocycles. The molecule has 17 heavy (non-hydrogen) atoms. The van der Waals surface area contributed by atoms with Crippen LogP contribution in [0.5, 0.6) is 0 Å². The van der Waals surface area contributed by atoms with Crippen molar-refractivity contribution in [1.29, 1.82) is 0 Å². The normalized spacial score (nSPS) is 12.6. The van der Waals surface area contributed by atoms with Crippen LogP contribution >= 0.6 is 11.3 Å². The average molecular weight is 249 g/mol. The molecule has 1 N–H and O–H groups in total. The maximum Gasteiger partial charge on any atom is 0.126 e. The molecule has 1 aromatic carbocycles. The number of hydrogen-bond acceptors (Lipinski definition) is 2. The Kier molecular flexibility index (Phi) is 3.92. The van der Waals surface area contributed by atoms with E-state index in [1.807, 2.05) is 19.2 Å². The summed E-state index contributed by atoms with van der Waals surface area (Å²) in [5.41, 5.74) is 1.99. The van der Waals surface area contributed by atoms with Crippen molar-refractivity contribution in [3.63, 3.8) is 0 Å². The van der Waals surface area contributed by atoms with Crippen molar-refractivity contribution in [1.82, 2.24) is 5.32 Å². The highest BCUT2D eigenvalue weighted by molar-refractivity contribution is 7.10. The van der Waals surface area contributed by atoms with Crippen LogP contribution in [0.15, 0.2) is 35.7 Å². The molecule has 2 aromatic rings. The number of aryl methyl sites for hydroxylation is 1. The first-order valence-corrected chi connectivity index (χ1v) is 6.54. The summed E-state index contributed by atoms with van der Waals surface area (Å²) in [5.74, 6) is -0.125. The summed E-state index contributed by atoms with van der Waals surface area (Å²) in [7, 11) is 1.92. The number of benzene rings is 1. The summed E-state index contributed by atoms with van der Waals surface area (Å²) in [5, 5.41) is 5.38. The predicted octanol–water partition coefficient (Wildman–Crippen LogP) is 3.70. The van der Waals surface area contributed by atoms with Crippen LogP contribution in [0.4, 0.5) is 4.39 Å². The van der Waals surface area contributed by atoms with Gasteiger partial charge in [0.15, 0.2) is 0 Å². The molecule has 1 atom stereocenters. The lowest BCUT2D eigenvalue weighted by Gasteiger charge is -2.15. The van der Waals surface area contributed by atoms with E-state index in [-0.39, 0.29) is 11.9 Å². The monoisotopic (exact) mass is 249 g/mol. The van der Waals surface area contributed by atoms with E-state index < -0.39 is 0 Å². The molecule has 1 unspecified atom stereocenters. The Bertz CT molecular complexity index is 492. The van der Waals surface area contributed by atoms with Gasteiger partial charge < -0.3 is 5.32 Å². The third-order valence-corrected chi connectivity index (χ3v) is 3.76. The van der Waals surface area contributed by atoms with Crippen molar-refractivity contribution < 1.29 is 4.39 Å². The van der Waals surface area contributed by atoms with Gasteiger partial charge in [0.05, 0.1) is 0 Å². The minimum atomic E-state index is -0.125. The van der Waals surface area contributed by atoms with Crippen LogP contribution in [-0.2, 0) is 6.42 Å². The van der Waals surface area contributed by atoms with Gasteiger partial charge in [0.1, 0.15) is 5.82 Å². The van der Waals surface area contributed by atoms with Crippen LogP contribution in [0.3, 0.4) is 0 Å². The smallest absolute Gasteiger partial charge is 0.126 e. The van der Waals surface area contributed by atoms with E-state index in [1.54, 1.807) is 17.4 Å². The molecule has 0 radical (unpaired) electrons. The lowest BCUT2D eigenvalue weighted by Crippen LogP contribution is -2.18. The van der Waals surface area contributed by atoms with Gasteiger partial charge in [-0.15, -0.1) is 11.3 Å². The zero-order valence-corrected chi connectivity index (χ0v) is 10.9. The fourth-order valence-electron chi connectivity index (χ4n) is 1.92. The first-order chi connectivity index (χ1) is 8.20. The molecular formula is C14H16FNS. The van der Waals surface area contributed by atoms with Gasteiger partial charge in [-0.05, 0) is 49.0 Å². The predicted molar refractivity (Wildman–Crippen MR) is 71.0 cm³/mol. The lowest BCUT2D eigenvalue weighted by molar-refractivity contribution is 0.555. The van der Waals surface area contributed by atoms with Gasteiger partial charge >= 0.3 is 0 Å². The van der Waals surface area contributed by atoms with E-state index in [0.29, 0.717) is 6.42 Å². The number of rotatable bonds is 4. The number of likely N-dealkylation sites (N-methyl/N-ethyl adjacent to an activating group) is 1. The van der Waals surface area contributed by atoms with Crippen molar-refractivity contribution in [3.05, 3.63) is 57.5 Å². The minimum absolute atomic E-state index is 0.125. The molecule has 0 saturated heterocycles. The first-order valence-electron chi connectivity index (χ1n) is 5.66. The second kappa shape index (κ2) is 5.43. The van der Waals surface area contributed by atoms with E-state index in [9.17, 15) is 4.39 Å². The summed E-state index contributed by atoms with van der Waals surface area (Å²) in [4.78, 5) is 1.29. The van der Waals surface area contributed by atoms with Crippen LogP contribution in [0.1, 0.15) is 22.0 Å². The van der Waals surface area contributed by atoms with E-state index in [2.05, 4.69) is 23.7 Å². The highest BCUT2D eigenvalue weighted by Gasteiger charge is 2.13. The molecule has 0 amide bonds. The van der Waals surface area contributed by atoms with E-state index in [1.165, 1.54) is 16.5 Å².